The number of thiophene rings is 1. The molecular weight excluding hydrogens is 387 g/mol. The maximum absolute atomic E-state index is 13.3. The van der Waals surface area contributed by atoms with Gasteiger partial charge < -0.3 is 9.72 Å². The lowest BCUT2D eigenvalue weighted by atomic mass is 9.97. The van der Waals surface area contributed by atoms with Gasteiger partial charge in [-0.3, -0.25) is 4.79 Å². The van der Waals surface area contributed by atoms with Gasteiger partial charge in [-0.15, -0.1) is 11.3 Å². The van der Waals surface area contributed by atoms with Gasteiger partial charge in [0.05, 0.1) is 5.39 Å². The molecule has 0 bridgehead atoms. The van der Waals surface area contributed by atoms with Crippen molar-refractivity contribution in [1.82, 2.24) is 9.97 Å². The summed E-state index contributed by atoms with van der Waals surface area (Å²) in [4.78, 5) is 22.5. The van der Waals surface area contributed by atoms with Crippen molar-refractivity contribution in [2.75, 3.05) is 0 Å². The number of nitrogens with one attached hydrogen (secondary N) is 1. The van der Waals surface area contributed by atoms with Gasteiger partial charge in [-0.25, -0.2) is 9.37 Å². The summed E-state index contributed by atoms with van der Waals surface area (Å²) in [5.41, 5.74) is 2.73. The average molecular weight is 406 g/mol. The predicted molar refractivity (Wildman–Crippen MR) is 113 cm³/mol. The number of fused-ring (bicyclic) bond motifs is 3. The molecule has 29 heavy (non-hydrogen) atoms. The van der Waals surface area contributed by atoms with Crippen LogP contribution in [0.25, 0.3) is 21.6 Å². The lowest BCUT2D eigenvalue weighted by molar-refractivity contribution is 0.305. The molecule has 0 radical (unpaired) electrons. The zero-order valence-electron chi connectivity index (χ0n) is 15.7. The third kappa shape index (κ3) is 3.56. The number of nitrogens with zero attached hydrogens (tertiary/aromatic N) is 1. The van der Waals surface area contributed by atoms with E-state index in [1.165, 1.54) is 29.0 Å². The van der Waals surface area contributed by atoms with Crippen molar-refractivity contribution in [3.8, 4) is 17.1 Å². The van der Waals surface area contributed by atoms with Crippen molar-refractivity contribution in [2.24, 2.45) is 0 Å². The fraction of sp³-hybridized carbons (Fsp3) is 0.217. The Labute approximate surface area is 171 Å². The van der Waals surface area contributed by atoms with Crippen LogP contribution in [0.1, 0.15) is 28.8 Å². The standard InChI is InChI=1S/C23H19FN2O2S/c24-16-5-3-4-14(12-16)13-28-17-10-8-15(9-11-17)21-25-22(27)20-18-6-1-2-7-19(18)29-23(20)26-21/h3-5,8-12H,1-2,6-7,13H2,(H,25,26,27). The molecule has 2 aromatic carbocycles. The van der Waals surface area contributed by atoms with Gasteiger partial charge in [0, 0.05) is 10.4 Å². The summed E-state index contributed by atoms with van der Waals surface area (Å²) in [6.07, 6.45) is 4.33. The molecule has 0 fully saturated rings. The highest BCUT2D eigenvalue weighted by atomic mass is 32.1. The molecule has 0 aliphatic heterocycles. The van der Waals surface area contributed by atoms with Crippen LogP contribution in [0, 0.1) is 5.82 Å². The number of aryl methyl sites for hydroxylation is 2. The Morgan fingerprint density at radius 2 is 1.93 bits per heavy atom. The van der Waals surface area contributed by atoms with E-state index in [4.69, 9.17) is 9.72 Å². The Bertz CT molecular complexity index is 1240. The zero-order chi connectivity index (χ0) is 19.8. The maximum atomic E-state index is 13.3. The third-order valence-electron chi connectivity index (χ3n) is 5.25. The first kappa shape index (κ1) is 18.1. The number of benzene rings is 2. The van der Waals surface area contributed by atoms with Crippen molar-refractivity contribution in [2.45, 2.75) is 32.3 Å². The smallest absolute Gasteiger partial charge is 0.260 e. The van der Waals surface area contributed by atoms with Gasteiger partial charge in [0.25, 0.3) is 5.56 Å². The van der Waals surface area contributed by atoms with Gasteiger partial charge >= 0.3 is 0 Å². The average Bonchev–Trinajstić information content (AvgIpc) is 3.12. The lowest BCUT2D eigenvalue weighted by Crippen LogP contribution is -2.11. The molecule has 2 aromatic heterocycles. The van der Waals surface area contributed by atoms with E-state index >= 15 is 0 Å². The number of ether oxygens (including phenoxy) is 1. The summed E-state index contributed by atoms with van der Waals surface area (Å²) < 4.78 is 19.0. The van der Waals surface area contributed by atoms with E-state index in [0.717, 1.165) is 40.6 Å². The Morgan fingerprint density at radius 1 is 1.10 bits per heavy atom. The summed E-state index contributed by atoms with van der Waals surface area (Å²) in [5.74, 6) is 0.966. The molecule has 5 rings (SSSR count). The number of aromatic nitrogens is 2. The van der Waals surface area contributed by atoms with Crippen molar-refractivity contribution in [3.63, 3.8) is 0 Å². The zero-order valence-corrected chi connectivity index (χ0v) is 16.5. The molecule has 1 N–H and O–H groups in total. The Balaban J connectivity index is 1.39. The Kier molecular flexibility index (Phi) is 4.64. The van der Waals surface area contributed by atoms with E-state index in [9.17, 15) is 9.18 Å². The summed E-state index contributed by atoms with van der Waals surface area (Å²) in [7, 11) is 0. The maximum Gasteiger partial charge on any atom is 0.260 e. The number of halogens is 1. The van der Waals surface area contributed by atoms with E-state index in [-0.39, 0.29) is 11.4 Å². The van der Waals surface area contributed by atoms with E-state index in [1.807, 2.05) is 30.3 Å². The summed E-state index contributed by atoms with van der Waals surface area (Å²) in [6, 6.07) is 13.8. The molecule has 1 aliphatic carbocycles. The van der Waals surface area contributed by atoms with E-state index in [1.54, 1.807) is 17.4 Å². The van der Waals surface area contributed by atoms with Crippen LogP contribution in [0.15, 0.2) is 53.3 Å². The highest BCUT2D eigenvalue weighted by Crippen LogP contribution is 2.34. The van der Waals surface area contributed by atoms with Crippen LogP contribution in [0.3, 0.4) is 0 Å². The molecule has 0 atom stereocenters. The fourth-order valence-electron chi connectivity index (χ4n) is 3.80. The van der Waals surface area contributed by atoms with Gasteiger partial charge in [-0.2, -0.15) is 0 Å². The highest BCUT2D eigenvalue weighted by Gasteiger charge is 2.20. The lowest BCUT2D eigenvalue weighted by Gasteiger charge is -2.09. The van der Waals surface area contributed by atoms with Crippen molar-refractivity contribution in [1.29, 1.82) is 0 Å². The third-order valence-corrected chi connectivity index (χ3v) is 6.43. The molecule has 2 heterocycles. The molecule has 0 saturated carbocycles. The van der Waals surface area contributed by atoms with Gasteiger partial charge in [-0.05, 0) is 73.2 Å². The van der Waals surface area contributed by atoms with Crippen LogP contribution >= 0.6 is 11.3 Å². The first-order valence-corrected chi connectivity index (χ1v) is 10.5. The second-order valence-corrected chi connectivity index (χ2v) is 8.33. The monoisotopic (exact) mass is 406 g/mol. The van der Waals surface area contributed by atoms with Crippen LogP contribution < -0.4 is 10.3 Å². The molecule has 0 spiro atoms. The SMILES string of the molecule is O=c1[nH]c(-c2ccc(OCc3cccc(F)c3)cc2)nc2sc3c(c12)CCCC3. The number of hydrogen-bond acceptors (Lipinski definition) is 4. The van der Waals surface area contributed by atoms with Crippen LogP contribution in [0.5, 0.6) is 5.75 Å². The molecule has 0 unspecified atom stereocenters. The van der Waals surface area contributed by atoms with Crippen molar-refractivity contribution >= 4 is 21.6 Å². The Morgan fingerprint density at radius 3 is 2.76 bits per heavy atom. The minimum absolute atomic E-state index is 0.0594. The molecule has 1 aliphatic rings. The van der Waals surface area contributed by atoms with E-state index < -0.39 is 0 Å². The van der Waals surface area contributed by atoms with Gasteiger partial charge in [0.1, 0.15) is 28.8 Å². The quantitative estimate of drug-likeness (QED) is 0.504. The molecule has 4 nitrogen and oxygen atoms in total. The minimum Gasteiger partial charge on any atom is -0.489 e. The van der Waals surface area contributed by atoms with E-state index in [0.29, 0.717) is 18.2 Å². The van der Waals surface area contributed by atoms with Crippen LogP contribution in [0.4, 0.5) is 4.39 Å². The highest BCUT2D eigenvalue weighted by molar-refractivity contribution is 7.18. The van der Waals surface area contributed by atoms with E-state index in [2.05, 4.69) is 4.98 Å². The first-order chi connectivity index (χ1) is 14.2. The fourth-order valence-corrected chi connectivity index (χ4v) is 5.07. The normalized spacial score (nSPS) is 13.4. The second kappa shape index (κ2) is 7.44. The molecule has 4 aromatic rings. The van der Waals surface area contributed by atoms with Gasteiger partial charge in [-0.1, -0.05) is 12.1 Å². The van der Waals surface area contributed by atoms with Crippen LogP contribution in [-0.2, 0) is 19.4 Å². The van der Waals surface area contributed by atoms with Gasteiger partial charge in [0.2, 0.25) is 0 Å². The van der Waals surface area contributed by atoms with Crippen molar-refractivity contribution < 1.29 is 9.13 Å². The summed E-state index contributed by atoms with van der Waals surface area (Å²) in [6.45, 7) is 0.291. The molecule has 146 valence electrons. The van der Waals surface area contributed by atoms with Crippen LogP contribution in [0.2, 0.25) is 0 Å². The van der Waals surface area contributed by atoms with Crippen LogP contribution in [-0.4, -0.2) is 9.97 Å². The topological polar surface area (TPSA) is 55.0 Å². The number of rotatable bonds is 4. The minimum atomic E-state index is -0.276. The molecule has 0 saturated heterocycles. The Hall–Kier alpha value is -2.99. The first-order valence-electron chi connectivity index (χ1n) is 9.69. The largest absolute Gasteiger partial charge is 0.489 e. The molecule has 0 amide bonds. The number of aromatic amines is 1. The predicted octanol–water partition coefficient (Wildman–Crippen LogP) is 5.25. The molecule has 6 heteroatoms. The number of hydrogen-bond donors (Lipinski definition) is 1. The summed E-state index contributed by atoms with van der Waals surface area (Å²) >= 11 is 1.65. The van der Waals surface area contributed by atoms with Gasteiger partial charge in [0.15, 0.2) is 0 Å². The molecular formula is C23H19FN2O2S. The second-order valence-electron chi connectivity index (χ2n) is 7.25. The van der Waals surface area contributed by atoms with Crippen molar-refractivity contribution in [3.05, 3.63) is 80.7 Å². The number of H-pyrrole nitrogens is 1. The summed E-state index contributed by atoms with van der Waals surface area (Å²) in [5, 5.41) is 0.767.